The average Bonchev–Trinajstić information content (AvgIpc) is 2.49. The van der Waals surface area contributed by atoms with E-state index in [4.69, 9.17) is 23.8 Å². The first-order valence-corrected chi connectivity index (χ1v) is 7.02. The summed E-state index contributed by atoms with van der Waals surface area (Å²) in [4.78, 5) is 3.86. The predicted octanol–water partition coefficient (Wildman–Crippen LogP) is 4.07. The van der Waals surface area contributed by atoms with Crippen LogP contribution in [0.5, 0.6) is 0 Å². The summed E-state index contributed by atoms with van der Waals surface area (Å²) < 4.78 is 38.0. The Balaban J connectivity index is 2.01. The Hall–Kier alpha value is -2.19. The van der Waals surface area contributed by atoms with Crippen molar-refractivity contribution < 1.29 is 13.2 Å². The van der Waals surface area contributed by atoms with Crippen LogP contribution in [-0.2, 0) is 6.18 Å². The lowest BCUT2D eigenvalue weighted by atomic mass is 10.2. The van der Waals surface area contributed by atoms with Crippen molar-refractivity contribution in [1.29, 1.82) is 0 Å². The Morgan fingerprint density at radius 3 is 2.57 bits per heavy atom. The van der Waals surface area contributed by atoms with Gasteiger partial charge in [-0.1, -0.05) is 11.6 Å². The SMILES string of the molecule is FC(F)(F)c1ccc(Cl)c(NC(=S)N/N=C/c2ccncc2)c1. The van der Waals surface area contributed by atoms with Gasteiger partial charge in [0.05, 0.1) is 22.5 Å². The van der Waals surface area contributed by atoms with Crippen molar-refractivity contribution in [2.24, 2.45) is 5.10 Å². The highest BCUT2D eigenvalue weighted by Crippen LogP contribution is 2.33. The maximum absolute atomic E-state index is 12.7. The fraction of sp³-hybridized carbons (Fsp3) is 0.0714. The van der Waals surface area contributed by atoms with Crippen molar-refractivity contribution in [1.82, 2.24) is 10.4 Å². The molecule has 0 fully saturated rings. The van der Waals surface area contributed by atoms with Gasteiger partial charge in [0, 0.05) is 12.4 Å². The van der Waals surface area contributed by atoms with Gasteiger partial charge in [0.25, 0.3) is 0 Å². The standard InChI is InChI=1S/C14H10ClF3N4S/c15-11-2-1-10(14(16,17)18)7-12(11)21-13(23)22-20-8-9-3-5-19-6-4-9/h1-8H,(H2,21,22,23)/b20-8+. The van der Waals surface area contributed by atoms with Crippen molar-refractivity contribution in [3.8, 4) is 0 Å². The molecule has 2 aromatic rings. The second kappa shape index (κ2) is 7.38. The van der Waals surface area contributed by atoms with Crippen LogP contribution in [0.25, 0.3) is 0 Å². The summed E-state index contributed by atoms with van der Waals surface area (Å²) in [5.74, 6) is 0. The number of rotatable bonds is 3. The monoisotopic (exact) mass is 358 g/mol. The van der Waals surface area contributed by atoms with Crippen LogP contribution in [0, 0.1) is 0 Å². The van der Waals surface area contributed by atoms with Gasteiger partial charge >= 0.3 is 6.18 Å². The molecule has 0 spiro atoms. The van der Waals surface area contributed by atoms with Gasteiger partial charge in [-0.15, -0.1) is 0 Å². The van der Waals surface area contributed by atoms with Gasteiger partial charge in [0.15, 0.2) is 5.11 Å². The Morgan fingerprint density at radius 2 is 1.91 bits per heavy atom. The number of halogens is 4. The Morgan fingerprint density at radius 1 is 1.22 bits per heavy atom. The largest absolute Gasteiger partial charge is 0.416 e. The topological polar surface area (TPSA) is 49.3 Å². The molecule has 0 aliphatic carbocycles. The third-order valence-corrected chi connectivity index (χ3v) is 3.15. The normalized spacial score (nSPS) is 11.5. The van der Waals surface area contributed by atoms with E-state index in [9.17, 15) is 13.2 Å². The van der Waals surface area contributed by atoms with Crippen molar-refractivity contribution in [2.45, 2.75) is 6.18 Å². The minimum Gasteiger partial charge on any atom is -0.330 e. The molecule has 1 aromatic carbocycles. The summed E-state index contributed by atoms with van der Waals surface area (Å²) in [6, 6.07) is 6.38. The molecule has 0 aliphatic heterocycles. The summed E-state index contributed by atoms with van der Waals surface area (Å²) in [7, 11) is 0. The van der Waals surface area contributed by atoms with E-state index in [2.05, 4.69) is 20.8 Å². The smallest absolute Gasteiger partial charge is 0.330 e. The highest BCUT2D eigenvalue weighted by Gasteiger charge is 2.31. The fourth-order valence-electron chi connectivity index (χ4n) is 1.56. The quantitative estimate of drug-likeness (QED) is 0.493. The van der Waals surface area contributed by atoms with Crippen LogP contribution in [0.4, 0.5) is 18.9 Å². The van der Waals surface area contributed by atoms with Crippen LogP contribution in [0.2, 0.25) is 5.02 Å². The Kier molecular flexibility index (Phi) is 5.51. The van der Waals surface area contributed by atoms with Gasteiger partial charge in [-0.2, -0.15) is 18.3 Å². The molecule has 2 N–H and O–H groups in total. The zero-order chi connectivity index (χ0) is 16.9. The number of hydrazone groups is 1. The summed E-state index contributed by atoms with van der Waals surface area (Å²) in [5.41, 5.74) is 2.49. The first-order chi connectivity index (χ1) is 10.9. The number of pyridine rings is 1. The van der Waals surface area contributed by atoms with E-state index in [1.807, 2.05) is 0 Å². The van der Waals surface area contributed by atoms with Crippen molar-refractivity contribution in [3.63, 3.8) is 0 Å². The lowest BCUT2D eigenvalue weighted by molar-refractivity contribution is -0.137. The molecule has 0 atom stereocenters. The predicted molar refractivity (Wildman–Crippen MR) is 87.6 cm³/mol. The first-order valence-electron chi connectivity index (χ1n) is 6.23. The average molecular weight is 359 g/mol. The van der Waals surface area contributed by atoms with Crippen LogP contribution >= 0.6 is 23.8 Å². The molecule has 2 rings (SSSR count). The number of nitrogens with one attached hydrogen (secondary N) is 2. The number of anilines is 1. The molecular formula is C14H10ClF3N4S. The van der Waals surface area contributed by atoms with Crippen molar-refractivity contribution in [2.75, 3.05) is 5.32 Å². The molecule has 0 saturated carbocycles. The van der Waals surface area contributed by atoms with Gasteiger partial charge in [-0.05, 0) is 48.1 Å². The molecule has 0 unspecified atom stereocenters. The number of nitrogens with zero attached hydrogens (tertiary/aromatic N) is 2. The second-order valence-corrected chi connectivity index (χ2v) is 5.11. The molecule has 0 saturated heterocycles. The summed E-state index contributed by atoms with van der Waals surface area (Å²) in [6.45, 7) is 0. The van der Waals surface area contributed by atoms with Gasteiger partial charge in [-0.3, -0.25) is 10.4 Å². The maximum Gasteiger partial charge on any atom is 0.416 e. The van der Waals surface area contributed by atoms with Gasteiger partial charge < -0.3 is 5.32 Å². The minimum absolute atomic E-state index is 0.0107. The van der Waals surface area contributed by atoms with Crippen LogP contribution in [-0.4, -0.2) is 16.3 Å². The summed E-state index contributed by atoms with van der Waals surface area (Å²) in [6.07, 6.45) is 0.222. The molecule has 9 heteroatoms. The molecule has 0 radical (unpaired) electrons. The van der Waals surface area contributed by atoms with E-state index in [-0.39, 0.29) is 15.8 Å². The molecule has 0 aliphatic rings. The van der Waals surface area contributed by atoms with Gasteiger partial charge in [-0.25, -0.2) is 0 Å². The van der Waals surface area contributed by atoms with E-state index >= 15 is 0 Å². The summed E-state index contributed by atoms with van der Waals surface area (Å²) in [5, 5.41) is 6.56. The second-order valence-electron chi connectivity index (χ2n) is 4.30. The zero-order valence-electron chi connectivity index (χ0n) is 11.4. The third-order valence-electron chi connectivity index (χ3n) is 2.63. The lowest BCUT2D eigenvalue weighted by Gasteiger charge is -2.12. The van der Waals surface area contributed by atoms with Crippen LogP contribution in [0.15, 0.2) is 47.8 Å². The number of thiocarbonyl (C=S) groups is 1. The van der Waals surface area contributed by atoms with E-state index in [1.54, 1.807) is 24.5 Å². The third kappa shape index (κ3) is 5.19. The minimum atomic E-state index is -4.46. The van der Waals surface area contributed by atoms with Crippen molar-refractivity contribution >= 4 is 40.8 Å². The number of aromatic nitrogens is 1. The Bertz CT molecular complexity index is 720. The molecule has 1 aromatic heterocycles. The zero-order valence-corrected chi connectivity index (χ0v) is 13.0. The van der Waals surface area contributed by atoms with E-state index in [0.717, 1.165) is 23.8 Å². The molecule has 0 bridgehead atoms. The molecule has 120 valence electrons. The fourth-order valence-corrected chi connectivity index (χ4v) is 1.89. The highest BCUT2D eigenvalue weighted by molar-refractivity contribution is 7.80. The number of benzene rings is 1. The van der Waals surface area contributed by atoms with Crippen LogP contribution in [0.1, 0.15) is 11.1 Å². The van der Waals surface area contributed by atoms with Crippen molar-refractivity contribution in [3.05, 3.63) is 58.9 Å². The van der Waals surface area contributed by atoms with E-state index in [1.165, 1.54) is 6.21 Å². The highest BCUT2D eigenvalue weighted by atomic mass is 35.5. The van der Waals surface area contributed by atoms with E-state index < -0.39 is 11.7 Å². The van der Waals surface area contributed by atoms with Gasteiger partial charge in [0.1, 0.15) is 0 Å². The maximum atomic E-state index is 12.7. The molecule has 0 amide bonds. The number of alkyl halides is 3. The first kappa shape index (κ1) is 17.2. The summed E-state index contributed by atoms with van der Waals surface area (Å²) >= 11 is 10.8. The molecule has 23 heavy (non-hydrogen) atoms. The lowest BCUT2D eigenvalue weighted by Crippen LogP contribution is -2.24. The van der Waals surface area contributed by atoms with Gasteiger partial charge in [0.2, 0.25) is 0 Å². The molecule has 1 heterocycles. The van der Waals surface area contributed by atoms with Crippen LogP contribution in [0.3, 0.4) is 0 Å². The molecule has 4 nitrogen and oxygen atoms in total. The number of hydrogen-bond acceptors (Lipinski definition) is 3. The van der Waals surface area contributed by atoms with Crippen LogP contribution < -0.4 is 10.7 Å². The number of hydrogen-bond donors (Lipinski definition) is 2. The van der Waals surface area contributed by atoms with E-state index in [0.29, 0.717) is 0 Å². The molecular weight excluding hydrogens is 349 g/mol. The Labute approximate surface area is 140 Å².